The van der Waals surface area contributed by atoms with Gasteiger partial charge in [0.05, 0.1) is 7.11 Å². The van der Waals surface area contributed by atoms with E-state index in [1.54, 1.807) is 40.0 Å². The second kappa shape index (κ2) is 9.19. The second-order valence-electron chi connectivity index (χ2n) is 8.15. The molecule has 8 nitrogen and oxygen atoms in total. The molecule has 0 aliphatic carbocycles. The molecule has 29 heavy (non-hydrogen) atoms. The third-order valence-corrected chi connectivity index (χ3v) is 6.74. The lowest BCUT2D eigenvalue weighted by Crippen LogP contribution is -2.29. The number of anilines is 1. The predicted molar refractivity (Wildman–Crippen MR) is 114 cm³/mol. The molecule has 1 heterocycles. The third kappa shape index (κ3) is 6.48. The molecule has 0 saturated heterocycles. The number of carbonyl (C=O) groups is 1. The minimum absolute atomic E-state index is 0.148. The van der Waals surface area contributed by atoms with Gasteiger partial charge in [0.25, 0.3) is 10.0 Å². The first-order valence-electron chi connectivity index (χ1n) is 9.23. The van der Waals surface area contributed by atoms with E-state index in [1.165, 1.54) is 0 Å². The molecule has 2 aromatic rings. The van der Waals surface area contributed by atoms with Crippen molar-refractivity contribution in [3.8, 4) is 5.75 Å². The van der Waals surface area contributed by atoms with E-state index in [0.29, 0.717) is 12.2 Å². The Bertz CT molecular complexity index is 932. The van der Waals surface area contributed by atoms with E-state index in [4.69, 9.17) is 4.74 Å². The Labute approximate surface area is 176 Å². The molecule has 2 rings (SSSR count). The highest BCUT2D eigenvalue weighted by atomic mass is 32.2. The number of ether oxygens (including phenoxy) is 1. The standard InChI is InChI=1S/C19H28N4O4S2/c1-12(2)11-15(13-7-9-14(27-6)10-8-13)23-29(25,26)18-22-21-17(28-18)20-16(24)19(3,4)5/h7-10,12,15,23H,11H2,1-6H3,(H,20,21,24)/t15-/m0/s1. The van der Waals surface area contributed by atoms with Crippen LogP contribution >= 0.6 is 11.3 Å². The summed E-state index contributed by atoms with van der Waals surface area (Å²) in [5.74, 6) is 0.700. The fourth-order valence-electron chi connectivity index (χ4n) is 2.45. The Morgan fingerprint density at radius 2 is 1.79 bits per heavy atom. The number of carbonyl (C=O) groups excluding carboxylic acids is 1. The van der Waals surface area contributed by atoms with Crippen molar-refractivity contribution in [2.24, 2.45) is 11.3 Å². The summed E-state index contributed by atoms with van der Waals surface area (Å²) in [7, 11) is -2.33. The lowest BCUT2D eigenvalue weighted by Gasteiger charge is -2.20. The Balaban J connectivity index is 2.22. The van der Waals surface area contributed by atoms with E-state index in [0.717, 1.165) is 16.9 Å². The number of benzene rings is 1. The molecule has 0 aliphatic rings. The fourth-order valence-corrected chi connectivity index (χ4v) is 4.60. The molecule has 0 spiro atoms. The molecule has 1 aromatic heterocycles. The van der Waals surface area contributed by atoms with Crippen molar-refractivity contribution in [3.05, 3.63) is 29.8 Å². The highest BCUT2D eigenvalue weighted by molar-refractivity contribution is 7.91. The average molecular weight is 441 g/mol. The first kappa shape index (κ1) is 23.2. The largest absolute Gasteiger partial charge is 0.497 e. The molecule has 0 unspecified atom stereocenters. The van der Waals surface area contributed by atoms with Crippen molar-refractivity contribution in [2.45, 2.75) is 51.4 Å². The summed E-state index contributed by atoms with van der Waals surface area (Å²) < 4.78 is 33.4. The van der Waals surface area contributed by atoms with E-state index < -0.39 is 21.5 Å². The zero-order chi connectivity index (χ0) is 21.8. The summed E-state index contributed by atoms with van der Waals surface area (Å²) in [6.07, 6.45) is 0.609. The van der Waals surface area contributed by atoms with Crippen molar-refractivity contribution in [1.29, 1.82) is 0 Å². The zero-order valence-electron chi connectivity index (χ0n) is 17.5. The van der Waals surface area contributed by atoms with Gasteiger partial charge in [0.2, 0.25) is 15.4 Å². The number of sulfonamides is 1. The Kier molecular flexibility index (Phi) is 7.36. The maximum atomic E-state index is 12.9. The van der Waals surface area contributed by atoms with Gasteiger partial charge in [-0.3, -0.25) is 4.79 Å². The zero-order valence-corrected chi connectivity index (χ0v) is 19.1. The molecule has 1 amide bonds. The first-order valence-corrected chi connectivity index (χ1v) is 11.5. The first-order chi connectivity index (χ1) is 13.4. The van der Waals surface area contributed by atoms with E-state index >= 15 is 0 Å². The minimum atomic E-state index is -3.91. The molecular weight excluding hydrogens is 412 g/mol. The molecule has 10 heteroatoms. The smallest absolute Gasteiger partial charge is 0.270 e. The van der Waals surface area contributed by atoms with Gasteiger partial charge in [0, 0.05) is 11.5 Å². The molecule has 0 radical (unpaired) electrons. The normalized spacial score (nSPS) is 13.3. The minimum Gasteiger partial charge on any atom is -0.497 e. The van der Waals surface area contributed by atoms with Crippen LogP contribution in [0.4, 0.5) is 5.13 Å². The summed E-state index contributed by atoms with van der Waals surface area (Å²) in [4.78, 5) is 12.1. The molecule has 0 fully saturated rings. The Morgan fingerprint density at radius 1 is 1.17 bits per heavy atom. The van der Waals surface area contributed by atoms with Crippen LogP contribution in [0, 0.1) is 11.3 Å². The van der Waals surface area contributed by atoms with Crippen LogP contribution in [0.5, 0.6) is 5.75 Å². The van der Waals surface area contributed by atoms with Gasteiger partial charge in [-0.05, 0) is 30.0 Å². The summed E-state index contributed by atoms with van der Waals surface area (Å²) in [5.41, 5.74) is 0.202. The Morgan fingerprint density at radius 3 is 2.31 bits per heavy atom. The van der Waals surface area contributed by atoms with Crippen molar-refractivity contribution in [1.82, 2.24) is 14.9 Å². The molecule has 1 atom stereocenters. The number of aromatic nitrogens is 2. The van der Waals surface area contributed by atoms with Crippen LogP contribution < -0.4 is 14.8 Å². The summed E-state index contributed by atoms with van der Waals surface area (Å²) in [6.45, 7) is 9.32. The van der Waals surface area contributed by atoms with Crippen LogP contribution in [0.25, 0.3) is 0 Å². The van der Waals surface area contributed by atoms with Crippen LogP contribution in [0.15, 0.2) is 28.6 Å². The van der Waals surface area contributed by atoms with Gasteiger partial charge in [0.15, 0.2) is 0 Å². The lowest BCUT2D eigenvalue weighted by atomic mass is 9.96. The van der Waals surface area contributed by atoms with Crippen LogP contribution in [0.3, 0.4) is 0 Å². The van der Waals surface area contributed by atoms with Crippen LogP contribution in [-0.4, -0.2) is 31.6 Å². The average Bonchev–Trinajstić information content (AvgIpc) is 3.09. The summed E-state index contributed by atoms with van der Waals surface area (Å²) >= 11 is 0.822. The molecule has 0 bridgehead atoms. The summed E-state index contributed by atoms with van der Waals surface area (Å²) in [6, 6.07) is 6.83. The van der Waals surface area contributed by atoms with E-state index in [1.807, 2.05) is 26.0 Å². The van der Waals surface area contributed by atoms with Crippen LogP contribution in [-0.2, 0) is 14.8 Å². The number of hydrogen-bond donors (Lipinski definition) is 2. The monoisotopic (exact) mass is 440 g/mol. The third-order valence-electron chi connectivity index (χ3n) is 4.06. The number of methoxy groups -OCH3 is 1. The maximum absolute atomic E-state index is 12.9. The number of amides is 1. The van der Waals surface area contributed by atoms with E-state index in [9.17, 15) is 13.2 Å². The van der Waals surface area contributed by atoms with Crippen molar-refractivity contribution in [2.75, 3.05) is 12.4 Å². The van der Waals surface area contributed by atoms with Gasteiger partial charge in [-0.2, -0.15) is 0 Å². The number of nitrogens with one attached hydrogen (secondary N) is 2. The number of nitrogens with zero attached hydrogens (tertiary/aromatic N) is 2. The molecular formula is C19H28N4O4S2. The van der Waals surface area contributed by atoms with Gasteiger partial charge in [0.1, 0.15) is 5.75 Å². The van der Waals surface area contributed by atoms with Gasteiger partial charge in [-0.15, -0.1) is 10.2 Å². The predicted octanol–water partition coefficient (Wildman–Crippen LogP) is 3.60. The molecule has 160 valence electrons. The maximum Gasteiger partial charge on any atom is 0.270 e. The van der Waals surface area contributed by atoms with Crippen LogP contribution in [0.1, 0.15) is 52.6 Å². The topological polar surface area (TPSA) is 110 Å². The quantitative estimate of drug-likeness (QED) is 0.607. The highest BCUT2D eigenvalue weighted by Crippen LogP contribution is 2.28. The lowest BCUT2D eigenvalue weighted by molar-refractivity contribution is -0.123. The van der Waals surface area contributed by atoms with Gasteiger partial charge >= 0.3 is 0 Å². The van der Waals surface area contributed by atoms with Crippen molar-refractivity contribution in [3.63, 3.8) is 0 Å². The highest BCUT2D eigenvalue weighted by Gasteiger charge is 2.28. The molecule has 0 saturated carbocycles. The van der Waals surface area contributed by atoms with Gasteiger partial charge < -0.3 is 10.1 Å². The van der Waals surface area contributed by atoms with E-state index in [2.05, 4.69) is 20.2 Å². The van der Waals surface area contributed by atoms with Crippen molar-refractivity contribution >= 4 is 32.4 Å². The number of hydrogen-bond acceptors (Lipinski definition) is 7. The molecule has 1 aromatic carbocycles. The van der Waals surface area contributed by atoms with Gasteiger partial charge in [-0.25, -0.2) is 13.1 Å². The molecule has 2 N–H and O–H groups in total. The summed E-state index contributed by atoms with van der Waals surface area (Å²) in [5, 5.41) is 10.3. The van der Waals surface area contributed by atoms with E-state index in [-0.39, 0.29) is 21.3 Å². The fraction of sp³-hybridized carbons (Fsp3) is 0.526. The van der Waals surface area contributed by atoms with Crippen LogP contribution in [0.2, 0.25) is 0 Å². The number of rotatable bonds is 8. The van der Waals surface area contributed by atoms with Crippen molar-refractivity contribution < 1.29 is 17.9 Å². The van der Waals surface area contributed by atoms with Gasteiger partial charge in [-0.1, -0.05) is 58.1 Å². The Hall–Kier alpha value is -2.04. The second-order valence-corrected chi connectivity index (χ2v) is 11.0. The molecule has 0 aliphatic heterocycles. The SMILES string of the molecule is COc1ccc([C@H](CC(C)C)NS(=O)(=O)c2nnc(NC(=O)C(C)(C)C)s2)cc1.